The number of carbonyl (C=O) groups excluding carboxylic acids is 1. The molecule has 1 aromatic rings. The Labute approximate surface area is 122 Å². The van der Waals surface area contributed by atoms with E-state index in [1.165, 1.54) is 19.3 Å². The summed E-state index contributed by atoms with van der Waals surface area (Å²) in [4.78, 5) is 12.3. The maximum absolute atomic E-state index is 12.3. The molecule has 1 aromatic heterocycles. The normalized spacial score (nSPS) is 12.7. The maximum Gasteiger partial charge on any atom is 0.256 e. The van der Waals surface area contributed by atoms with E-state index < -0.39 is 0 Å². The fraction of sp³-hybridized carbons (Fsp3) is 0.750. The summed E-state index contributed by atoms with van der Waals surface area (Å²) in [5.41, 5.74) is 1.29. The molecule has 0 saturated heterocycles. The minimum absolute atomic E-state index is 0.0533. The van der Waals surface area contributed by atoms with Crippen LogP contribution in [0.2, 0.25) is 0 Å². The van der Waals surface area contributed by atoms with Crippen molar-refractivity contribution >= 4 is 5.91 Å². The molecule has 0 aromatic carbocycles. The number of rotatable bonds is 8. The number of aromatic nitrogens is 1. The van der Waals surface area contributed by atoms with Gasteiger partial charge in [0.05, 0.1) is 5.69 Å². The summed E-state index contributed by atoms with van der Waals surface area (Å²) in [6, 6.07) is 0. The van der Waals surface area contributed by atoms with Crippen molar-refractivity contribution in [1.29, 1.82) is 0 Å². The van der Waals surface area contributed by atoms with Crippen molar-refractivity contribution in [3.05, 3.63) is 17.0 Å². The fourth-order valence-corrected chi connectivity index (χ4v) is 2.33. The number of nitrogens with zero attached hydrogens (tertiary/aromatic N) is 1. The van der Waals surface area contributed by atoms with Crippen molar-refractivity contribution in [3.8, 4) is 0 Å². The molecule has 4 heteroatoms. The Morgan fingerprint density at radius 3 is 2.60 bits per heavy atom. The molecule has 0 aliphatic carbocycles. The summed E-state index contributed by atoms with van der Waals surface area (Å²) in [5, 5.41) is 6.96. The van der Waals surface area contributed by atoms with Crippen LogP contribution in [0.15, 0.2) is 4.52 Å². The van der Waals surface area contributed by atoms with Gasteiger partial charge >= 0.3 is 0 Å². The third-order valence-electron chi connectivity index (χ3n) is 3.74. The predicted octanol–water partition coefficient (Wildman–Crippen LogP) is 4.05. The molecule has 0 fully saturated rings. The first kappa shape index (κ1) is 16.7. The first-order valence-corrected chi connectivity index (χ1v) is 7.75. The Kier molecular flexibility index (Phi) is 6.76. The van der Waals surface area contributed by atoms with Gasteiger partial charge in [-0.05, 0) is 19.3 Å². The van der Waals surface area contributed by atoms with Crippen molar-refractivity contribution in [2.75, 3.05) is 6.54 Å². The van der Waals surface area contributed by atoms with Gasteiger partial charge in [0.1, 0.15) is 5.56 Å². The largest absolute Gasteiger partial charge is 0.360 e. The molecule has 0 radical (unpaired) electrons. The molecule has 1 unspecified atom stereocenters. The van der Waals surface area contributed by atoms with E-state index in [0.29, 0.717) is 22.9 Å². The lowest BCUT2D eigenvalue weighted by Crippen LogP contribution is -2.30. The average Bonchev–Trinajstić information content (AvgIpc) is 2.81. The van der Waals surface area contributed by atoms with Gasteiger partial charge in [-0.3, -0.25) is 4.79 Å². The number of hydrogen-bond donors (Lipinski definition) is 1. The molecule has 4 nitrogen and oxygen atoms in total. The molecule has 114 valence electrons. The second kappa shape index (κ2) is 8.08. The molecule has 1 atom stereocenters. The lowest BCUT2D eigenvalue weighted by Gasteiger charge is -2.15. The fourth-order valence-electron chi connectivity index (χ4n) is 2.33. The van der Waals surface area contributed by atoms with Gasteiger partial charge in [-0.2, -0.15) is 0 Å². The van der Waals surface area contributed by atoms with E-state index in [1.807, 2.05) is 20.8 Å². The standard InChI is InChI=1S/C16H28N2O2/c1-6-8-9-13(7-2)10-17-16(19)14-12(5)18-20-15(14)11(3)4/h11,13H,6-10H2,1-5H3,(H,17,19). The minimum Gasteiger partial charge on any atom is -0.360 e. The molecule has 1 rings (SSSR count). The van der Waals surface area contributed by atoms with Gasteiger partial charge < -0.3 is 9.84 Å². The van der Waals surface area contributed by atoms with Crippen LogP contribution in [0.3, 0.4) is 0 Å². The Hall–Kier alpha value is -1.32. The highest BCUT2D eigenvalue weighted by atomic mass is 16.5. The first-order chi connectivity index (χ1) is 9.51. The Balaban J connectivity index is 2.65. The van der Waals surface area contributed by atoms with Crippen molar-refractivity contribution in [2.24, 2.45) is 5.92 Å². The van der Waals surface area contributed by atoms with Gasteiger partial charge in [-0.15, -0.1) is 0 Å². The number of amides is 1. The van der Waals surface area contributed by atoms with Crippen molar-refractivity contribution < 1.29 is 9.32 Å². The van der Waals surface area contributed by atoms with Crippen LogP contribution in [0, 0.1) is 12.8 Å². The smallest absolute Gasteiger partial charge is 0.256 e. The zero-order chi connectivity index (χ0) is 15.1. The van der Waals surface area contributed by atoms with Gasteiger partial charge in [0.15, 0.2) is 5.76 Å². The minimum atomic E-state index is -0.0533. The van der Waals surface area contributed by atoms with Crippen LogP contribution in [0.25, 0.3) is 0 Å². The van der Waals surface area contributed by atoms with E-state index in [-0.39, 0.29) is 11.8 Å². The van der Waals surface area contributed by atoms with Crippen LogP contribution in [0.1, 0.15) is 81.1 Å². The Morgan fingerprint density at radius 1 is 1.35 bits per heavy atom. The van der Waals surface area contributed by atoms with Crippen molar-refractivity contribution in [3.63, 3.8) is 0 Å². The lowest BCUT2D eigenvalue weighted by atomic mass is 9.99. The Bertz CT molecular complexity index is 424. The maximum atomic E-state index is 12.3. The lowest BCUT2D eigenvalue weighted by molar-refractivity contribution is 0.0942. The van der Waals surface area contributed by atoms with E-state index in [1.54, 1.807) is 0 Å². The average molecular weight is 280 g/mol. The van der Waals surface area contributed by atoms with Gasteiger partial charge in [0, 0.05) is 12.5 Å². The van der Waals surface area contributed by atoms with E-state index in [4.69, 9.17) is 4.52 Å². The number of nitrogens with one attached hydrogen (secondary N) is 1. The quantitative estimate of drug-likeness (QED) is 0.781. The number of aryl methyl sites for hydroxylation is 1. The summed E-state index contributed by atoms with van der Waals surface area (Å²) in [6.07, 6.45) is 4.69. The predicted molar refractivity (Wildman–Crippen MR) is 81.0 cm³/mol. The number of hydrogen-bond acceptors (Lipinski definition) is 3. The first-order valence-electron chi connectivity index (χ1n) is 7.75. The molecule has 1 amide bonds. The highest BCUT2D eigenvalue weighted by Crippen LogP contribution is 2.22. The van der Waals surface area contributed by atoms with Crippen LogP contribution in [0.5, 0.6) is 0 Å². The summed E-state index contributed by atoms with van der Waals surface area (Å²) in [5.74, 6) is 1.35. The van der Waals surface area contributed by atoms with Crippen LogP contribution < -0.4 is 5.32 Å². The molecule has 0 aliphatic heterocycles. The molecule has 0 aliphatic rings. The molecule has 0 spiro atoms. The van der Waals surface area contributed by atoms with E-state index >= 15 is 0 Å². The molecule has 1 N–H and O–H groups in total. The van der Waals surface area contributed by atoms with E-state index in [2.05, 4.69) is 24.3 Å². The molecule has 0 saturated carbocycles. The van der Waals surface area contributed by atoms with Gasteiger partial charge in [0.2, 0.25) is 0 Å². The zero-order valence-corrected chi connectivity index (χ0v) is 13.5. The summed E-state index contributed by atoms with van der Waals surface area (Å²) in [6.45, 7) is 10.9. The molecular formula is C16H28N2O2. The molecule has 1 heterocycles. The molecule has 20 heavy (non-hydrogen) atoms. The molecule has 0 bridgehead atoms. The monoisotopic (exact) mass is 280 g/mol. The van der Waals surface area contributed by atoms with Crippen LogP contribution in [-0.2, 0) is 0 Å². The number of unbranched alkanes of at least 4 members (excludes halogenated alkanes) is 1. The number of carbonyl (C=O) groups is 1. The van der Waals surface area contributed by atoms with E-state index in [9.17, 15) is 4.79 Å². The van der Waals surface area contributed by atoms with Gasteiger partial charge in [-0.25, -0.2) is 0 Å². The second-order valence-electron chi connectivity index (χ2n) is 5.79. The third-order valence-corrected chi connectivity index (χ3v) is 3.74. The Morgan fingerprint density at radius 2 is 2.05 bits per heavy atom. The van der Waals surface area contributed by atoms with Crippen LogP contribution in [0.4, 0.5) is 0 Å². The summed E-state index contributed by atoms with van der Waals surface area (Å²) >= 11 is 0. The summed E-state index contributed by atoms with van der Waals surface area (Å²) < 4.78 is 5.27. The van der Waals surface area contributed by atoms with Crippen molar-refractivity contribution in [2.45, 2.75) is 66.2 Å². The topological polar surface area (TPSA) is 55.1 Å². The highest BCUT2D eigenvalue weighted by molar-refractivity contribution is 5.96. The van der Waals surface area contributed by atoms with Crippen LogP contribution in [-0.4, -0.2) is 17.6 Å². The third kappa shape index (κ3) is 4.36. The van der Waals surface area contributed by atoms with E-state index in [0.717, 1.165) is 13.0 Å². The van der Waals surface area contributed by atoms with Gasteiger partial charge in [0.25, 0.3) is 5.91 Å². The second-order valence-corrected chi connectivity index (χ2v) is 5.79. The SMILES string of the molecule is CCCCC(CC)CNC(=O)c1c(C)noc1C(C)C. The highest BCUT2D eigenvalue weighted by Gasteiger charge is 2.22. The van der Waals surface area contributed by atoms with Crippen molar-refractivity contribution in [1.82, 2.24) is 10.5 Å². The van der Waals surface area contributed by atoms with Gasteiger partial charge in [-0.1, -0.05) is 52.1 Å². The van der Waals surface area contributed by atoms with Crippen LogP contribution >= 0.6 is 0 Å². The zero-order valence-electron chi connectivity index (χ0n) is 13.5. The molecular weight excluding hydrogens is 252 g/mol. The summed E-state index contributed by atoms with van der Waals surface area (Å²) in [7, 11) is 0.